The molecule has 82 heavy (non-hydrogen) atoms. The molecule has 0 spiro atoms. The van der Waals surface area contributed by atoms with Crippen molar-refractivity contribution in [3.8, 4) is 56.4 Å². The third kappa shape index (κ3) is 12.1. The van der Waals surface area contributed by atoms with Crippen LogP contribution >= 0.6 is 47.8 Å². The summed E-state index contributed by atoms with van der Waals surface area (Å²) in [6.45, 7) is 4.99. The molecular formula is C72H68BBr3O6. The summed E-state index contributed by atoms with van der Waals surface area (Å²) >= 11 is 10.9. The van der Waals surface area contributed by atoms with E-state index in [-0.39, 0.29) is 13.6 Å². The molecule has 0 bridgehead atoms. The van der Waals surface area contributed by atoms with Gasteiger partial charge in [0, 0.05) is 35.7 Å². The minimum absolute atomic E-state index is 0.201. The van der Waals surface area contributed by atoms with Crippen molar-refractivity contribution in [1.82, 2.24) is 0 Å². The number of ether oxygens (including phenoxy) is 4. The number of benzene rings is 10. The standard InChI is InChI=1S/C36H33BrO2.C21H12Br2O2.C15H23BO2/c1-2-3-23-4-6-24(7-5-23)25-8-10-26(11-9-25)29-13-12-27-15-18-33-35(31(27)20-29)36-32-21-30(37)17-14-28(32)16-19-34(36)39-22-38-33;22-14-5-1-12-3-7-18-20(16(12)9-14)21-17-10-15(23)6-2-13(17)4-8-19(21)25-11-24-18;1-2-3-12-4-6-13(7-5-12)14-8-10-15(11-9-14)16(17)18/h8-21,23-24H,2-7,22H2,1H3;1-10H,11H2;8-13,17-18H,2-7H2,1H3. The van der Waals surface area contributed by atoms with Gasteiger partial charge < -0.3 is 29.0 Å². The van der Waals surface area contributed by atoms with Crippen molar-refractivity contribution in [3.63, 3.8) is 0 Å². The van der Waals surface area contributed by atoms with E-state index in [1.165, 1.54) is 126 Å². The molecule has 0 atom stereocenters. The average Bonchev–Trinajstić information content (AvgIpc) is 2.60. The first-order chi connectivity index (χ1) is 40.1. The second kappa shape index (κ2) is 25.4. The smallest absolute Gasteiger partial charge is 0.457 e. The minimum Gasteiger partial charge on any atom is -0.457 e. The van der Waals surface area contributed by atoms with E-state index in [1.807, 2.05) is 24.3 Å². The Morgan fingerprint density at radius 2 is 0.695 bits per heavy atom. The predicted molar refractivity (Wildman–Crippen MR) is 350 cm³/mol. The molecule has 0 saturated heterocycles. The van der Waals surface area contributed by atoms with E-state index in [2.05, 4.69) is 207 Å². The van der Waals surface area contributed by atoms with Gasteiger partial charge in [-0.3, -0.25) is 0 Å². The fourth-order valence-electron chi connectivity index (χ4n) is 13.4. The third-order valence-corrected chi connectivity index (χ3v) is 19.2. The molecule has 14 rings (SSSR count). The molecule has 10 aromatic rings. The highest BCUT2D eigenvalue weighted by Gasteiger charge is 2.27. The molecule has 4 aliphatic rings. The van der Waals surface area contributed by atoms with E-state index in [4.69, 9.17) is 29.0 Å². The van der Waals surface area contributed by atoms with E-state index in [0.717, 1.165) is 86.7 Å². The zero-order chi connectivity index (χ0) is 56.3. The second-order valence-corrected chi connectivity index (χ2v) is 25.5. The average molecular weight is 1280 g/mol. The van der Waals surface area contributed by atoms with Gasteiger partial charge in [0.1, 0.15) is 23.0 Å². The Bertz CT molecular complexity index is 3810. The quantitative estimate of drug-likeness (QED) is 0.148. The van der Waals surface area contributed by atoms with E-state index in [9.17, 15) is 0 Å². The highest BCUT2D eigenvalue weighted by molar-refractivity contribution is 9.11. The fraction of sp³-hybridized carbons (Fsp3) is 0.278. The highest BCUT2D eigenvalue weighted by Crippen LogP contribution is 2.50. The number of halogens is 3. The van der Waals surface area contributed by atoms with Gasteiger partial charge in [0.15, 0.2) is 0 Å². The summed E-state index contributed by atoms with van der Waals surface area (Å²) < 4.78 is 27.2. The van der Waals surface area contributed by atoms with Crippen LogP contribution in [0.1, 0.15) is 114 Å². The Balaban J connectivity index is 0.000000133. The summed E-state index contributed by atoms with van der Waals surface area (Å²) in [4.78, 5) is 0. The molecule has 2 aliphatic carbocycles. The number of fused-ring (bicyclic) bond motifs is 14. The monoisotopic (exact) mass is 1280 g/mol. The lowest BCUT2D eigenvalue weighted by molar-refractivity contribution is 0.124. The van der Waals surface area contributed by atoms with Gasteiger partial charge in [0.05, 0.1) is 0 Å². The van der Waals surface area contributed by atoms with Gasteiger partial charge >= 0.3 is 7.12 Å². The van der Waals surface area contributed by atoms with Gasteiger partial charge in [-0.1, -0.05) is 190 Å². The Kier molecular flexibility index (Phi) is 17.4. The van der Waals surface area contributed by atoms with Crippen LogP contribution in [0.25, 0.3) is 76.5 Å². The van der Waals surface area contributed by atoms with E-state index >= 15 is 0 Å². The summed E-state index contributed by atoms with van der Waals surface area (Å²) in [6.07, 6.45) is 16.1. The van der Waals surface area contributed by atoms with E-state index in [0.29, 0.717) is 17.3 Å². The maximum atomic E-state index is 9.07. The number of hydrogen-bond donors (Lipinski definition) is 2. The summed E-state index contributed by atoms with van der Waals surface area (Å²) in [6, 6.07) is 59.7. The largest absolute Gasteiger partial charge is 0.488 e. The molecule has 416 valence electrons. The van der Waals surface area contributed by atoms with Crippen molar-refractivity contribution in [3.05, 3.63) is 194 Å². The van der Waals surface area contributed by atoms with Crippen molar-refractivity contribution in [2.24, 2.45) is 11.8 Å². The first-order valence-electron chi connectivity index (χ1n) is 29.4. The van der Waals surface area contributed by atoms with Crippen LogP contribution in [0.15, 0.2) is 183 Å². The van der Waals surface area contributed by atoms with Crippen molar-refractivity contribution >= 4 is 103 Å². The first kappa shape index (κ1) is 56.4. The molecule has 10 heteroatoms. The molecule has 6 nitrogen and oxygen atoms in total. The Morgan fingerprint density at radius 1 is 0.378 bits per heavy atom. The molecule has 2 fully saturated rings. The van der Waals surface area contributed by atoms with Crippen LogP contribution in [0.4, 0.5) is 0 Å². The number of rotatable bonds is 8. The lowest BCUT2D eigenvalue weighted by Gasteiger charge is -2.28. The molecule has 0 radical (unpaired) electrons. The van der Waals surface area contributed by atoms with Gasteiger partial charge in [0.25, 0.3) is 0 Å². The number of hydrogen-bond acceptors (Lipinski definition) is 6. The maximum Gasteiger partial charge on any atom is 0.488 e. The van der Waals surface area contributed by atoms with Gasteiger partial charge in [-0.05, 0) is 213 Å². The van der Waals surface area contributed by atoms with Crippen LogP contribution in [0.3, 0.4) is 0 Å². The van der Waals surface area contributed by atoms with E-state index in [1.54, 1.807) is 0 Å². The molecule has 2 N–H and O–H groups in total. The molecular weight excluding hydrogens is 1210 g/mol. The molecule has 0 unspecified atom stereocenters. The summed E-state index contributed by atoms with van der Waals surface area (Å²) in [5.74, 6) is 6.66. The molecule has 10 aromatic carbocycles. The van der Waals surface area contributed by atoms with Crippen LogP contribution < -0.4 is 24.4 Å². The normalized spacial score (nSPS) is 18.0. The van der Waals surface area contributed by atoms with Gasteiger partial charge in [-0.15, -0.1) is 0 Å². The second-order valence-electron chi connectivity index (χ2n) is 22.8. The summed E-state index contributed by atoms with van der Waals surface area (Å²) in [5.41, 5.74) is 10.3. The van der Waals surface area contributed by atoms with Crippen LogP contribution in [0, 0.1) is 11.8 Å². The summed E-state index contributed by atoms with van der Waals surface area (Å²) in [7, 11) is -1.35. The van der Waals surface area contributed by atoms with Crippen molar-refractivity contribution in [2.45, 2.75) is 103 Å². The minimum atomic E-state index is -1.35. The Labute approximate surface area is 507 Å². The van der Waals surface area contributed by atoms with Crippen LogP contribution in [0.2, 0.25) is 0 Å². The third-order valence-electron chi connectivity index (χ3n) is 17.7. The zero-order valence-corrected chi connectivity index (χ0v) is 51.4. The summed E-state index contributed by atoms with van der Waals surface area (Å²) in [5, 5.41) is 27.5. The van der Waals surface area contributed by atoms with Crippen LogP contribution in [-0.4, -0.2) is 30.8 Å². The van der Waals surface area contributed by atoms with E-state index < -0.39 is 7.12 Å². The van der Waals surface area contributed by atoms with Gasteiger partial charge in [-0.2, -0.15) is 0 Å². The maximum absolute atomic E-state index is 9.07. The lowest BCUT2D eigenvalue weighted by atomic mass is 9.75. The first-order valence-corrected chi connectivity index (χ1v) is 31.8. The van der Waals surface area contributed by atoms with Crippen molar-refractivity contribution < 1.29 is 29.0 Å². The molecule has 2 saturated carbocycles. The van der Waals surface area contributed by atoms with Crippen LogP contribution in [0.5, 0.6) is 23.0 Å². The van der Waals surface area contributed by atoms with Gasteiger partial charge in [-0.25, -0.2) is 0 Å². The SMILES string of the molecule is Brc1ccc2ccc3c(c2c1)-c1c(ccc2ccc(Br)cc12)OCO3.CCCC1CCC(c2ccc(-c3ccc4ccc5c(c4c3)-c3c(ccc4ccc(Br)cc34)OCO5)cc2)CC1.CCCC1CCC(c2ccc(B(O)O)cc2)CC1. The van der Waals surface area contributed by atoms with Crippen molar-refractivity contribution in [2.75, 3.05) is 13.6 Å². The molecule has 0 aromatic heterocycles. The topological polar surface area (TPSA) is 77.4 Å². The molecule has 2 heterocycles. The lowest BCUT2D eigenvalue weighted by Crippen LogP contribution is -2.29. The zero-order valence-electron chi connectivity index (χ0n) is 46.6. The van der Waals surface area contributed by atoms with Crippen LogP contribution in [-0.2, 0) is 0 Å². The highest BCUT2D eigenvalue weighted by atomic mass is 79.9. The molecule has 0 amide bonds. The Hall–Kier alpha value is -6.14. The predicted octanol–water partition coefficient (Wildman–Crippen LogP) is 20.2. The van der Waals surface area contributed by atoms with Crippen molar-refractivity contribution in [1.29, 1.82) is 0 Å². The van der Waals surface area contributed by atoms with Gasteiger partial charge in [0.2, 0.25) is 13.6 Å². The fourth-order valence-corrected chi connectivity index (χ4v) is 14.5. The molecule has 2 aliphatic heterocycles. The Morgan fingerprint density at radius 3 is 1.05 bits per heavy atom.